The third-order valence-electron chi connectivity index (χ3n) is 1.50. The summed E-state index contributed by atoms with van der Waals surface area (Å²) in [6.45, 7) is 1.37. The first-order valence-corrected chi connectivity index (χ1v) is 5.34. The average Bonchev–Trinajstić information content (AvgIpc) is 2.02. The van der Waals surface area contributed by atoms with Crippen molar-refractivity contribution in [1.29, 1.82) is 0 Å². The minimum atomic E-state index is -3.66. The minimum Gasteiger partial charge on any atom is -0.326 e. The molecule has 0 aromatic heterocycles. The van der Waals surface area contributed by atoms with Crippen molar-refractivity contribution in [2.75, 3.05) is 5.32 Å². The normalized spacial score (nSPS) is 10.3. The number of anilines is 1. The molecule has 0 spiro atoms. The van der Waals surface area contributed by atoms with E-state index in [0.29, 0.717) is 5.69 Å². The zero-order chi connectivity index (χ0) is 10.8. The van der Waals surface area contributed by atoms with Gasteiger partial charge in [-0.25, -0.2) is 13.6 Å². The van der Waals surface area contributed by atoms with E-state index >= 15 is 0 Å². The molecule has 1 rings (SSSR count). The Morgan fingerprint density at radius 1 is 1.27 bits per heavy atom. The number of hydrogen-bond donors (Lipinski definition) is 2. The molecule has 0 aliphatic rings. The summed E-state index contributed by atoms with van der Waals surface area (Å²) in [6.07, 6.45) is 0. The second kappa shape index (κ2) is 6.09. The number of nitrogens with two attached hydrogens (primary N) is 1. The largest absolute Gasteiger partial charge is 0.326 e. The number of rotatable bonds is 2. The molecule has 0 aliphatic heterocycles. The second-order valence-electron chi connectivity index (χ2n) is 2.75. The molecule has 0 unspecified atom stereocenters. The van der Waals surface area contributed by atoms with Crippen molar-refractivity contribution in [2.45, 2.75) is 11.8 Å². The molecule has 0 aliphatic carbocycles. The Morgan fingerprint density at radius 3 is 2.07 bits per heavy atom. The Balaban J connectivity index is 0.00000196. The van der Waals surface area contributed by atoms with Crippen LogP contribution in [0.25, 0.3) is 0 Å². The molecular weight excluding hydrogens is 243 g/mol. The fraction of sp³-hybridized carbons (Fsp3) is 0.125. The van der Waals surface area contributed by atoms with Gasteiger partial charge in [-0.05, 0) is 24.3 Å². The van der Waals surface area contributed by atoms with E-state index in [2.05, 4.69) is 5.32 Å². The van der Waals surface area contributed by atoms with Gasteiger partial charge in [0, 0.05) is 64.0 Å². The van der Waals surface area contributed by atoms with Crippen LogP contribution in [0.2, 0.25) is 0 Å². The molecule has 1 radical (unpaired) electrons. The SMILES string of the molecule is CC(=O)Nc1ccc(S(N)(=O)=O)cc1.[K]. The summed E-state index contributed by atoms with van der Waals surface area (Å²) in [7, 11) is -3.66. The Hall–Kier alpha value is 0.236. The van der Waals surface area contributed by atoms with E-state index in [9.17, 15) is 13.2 Å². The first-order chi connectivity index (χ1) is 6.39. The van der Waals surface area contributed by atoms with E-state index in [1.54, 1.807) is 0 Å². The van der Waals surface area contributed by atoms with Gasteiger partial charge in [0.1, 0.15) is 0 Å². The summed E-state index contributed by atoms with van der Waals surface area (Å²) in [6, 6.07) is 5.61. The van der Waals surface area contributed by atoms with Crippen LogP contribution in [0, 0.1) is 0 Å². The van der Waals surface area contributed by atoms with Gasteiger partial charge in [-0.15, -0.1) is 0 Å². The molecule has 1 aromatic carbocycles. The van der Waals surface area contributed by atoms with Crippen molar-refractivity contribution in [3.63, 3.8) is 0 Å². The smallest absolute Gasteiger partial charge is 0.238 e. The number of carbonyl (C=O) groups excluding carboxylic acids is 1. The van der Waals surface area contributed by atoms with Crippen LogP contribution in [0.15, 0.2) is 29.2 Å². The van der Waals surface area contributed by atoms with E-state index in [1.165, 1.54) is 31.2 Å². The zero-order valence-electron chi connectivity index (χ0n) is 8.52. The van der Waals surface area contributed by atoms with E-state index < -0.39 is 10.0 Å². The summed E-state index contributed by atoms with van der Waals surface area (Å²) in [5, 5.41) is 7.40. The summed E-state index contributed by atoms with van der Waals surface area (Å²) < 4.78 is 21.7. The molecule has 0 atom stereocenters. The van der Waals surface area contributed by atoms with Gasteiger partial charge in [-0.3, -0.25) is 4.79 Å². The average molecular weight is 253 g/mol. The van der Waals surface area contributed by atoms with Crippen LogP contribution in [0.3, 0.4) is 0 Å². The van der Waals surface area contributed by atoms with Crippen LogP contribution in [-0.2, 0) is 14.8 Å². The topological polar surface area (TPSA) is 89.3 Å². The van der Waals surface area contributed by atoms with Gasteiger partial charge in [-0.1, -0.05) is 0 Å². The maximum Gasteiger partial charge on any atom is 0.238 e. The van der Waals surface area contributed by atoms with Gasteiger partial charge in [0.25, 0.3) is 0 Å². The van der Waals surface area contributed by atoms with E-state index in [4.69, 9.17) is 5.14 Å². The molecule has 5 nitrogen and oxygen atoms in total. The summed E-state index contributed by atoms with van der Waals surface area (Å²) >= 11 is 0. The first-order valence-electron chi connectivity index (χ1n) is 3.80. The van der Waals surface area contributed by atoms with Gasteiger partial charge >= 0.3 is 0 Å². The van der Waals surface area contributed by atoms with Crippen LogP contribution in [0.1, 0.15) is 6.92 Å². The van der Waals surface area contributed by atoms with E-state index in [1.807, 2.05) is 0 Å². The monoisotopic (exact) mass is 253 g/mol. The summed E-state index contributed by atoms with van der Waals surface area (Å²) in [5.41, 5.74) is 0.532. The van der Waals surface area contributed by atoms with Gasteiger partial charge in [-0.2, -0.15) is 0 Å². The van der Waals surface area contributed by atoms with Crippen LogP contribution in [0.5, 0.6) is 0 Å². The van der Waals surface area contributed by atoms with Crippen molar-refractivity contribution in [1.82, 2.24) is 0 Å². The fourth-order valence-electron chi connectivity index (χ4n) is 0.931. The maximum absolute atomic E-state index is 10.9. The van der Waals surface area contributed by atoms with Gasteiger partial charge in [0.2, 0.25) is 15.9 Å². The Morgan fingerprint density at radius 2 is 1.73 bits per heavy atom. The van der Waals surface area contributed by atoms with Crippen molar-refractivity contribution in [3.8, 4) is 0 Å². The molecule has 7 heteroatoms. The number of nitrogens with one attached hydrogen (secondary N) is 1. The number of hydrogen-bond acceptors (Lipinski definition) is 3. The van der Waals surface area contributed by atoms with Gasteiger partial charge < -0.3 is 5.32 Å². The third-order valence-corrected chi connectivity index (χ3v) is 2.43. The molecule has 0 saturated carbocycles. The quantitative estimate of drug-likeness (QED) is 0.722. The Bertz CT molecular complexity index is 441. The van der Waals surface area contributed by atoms with E-state index in [0.717, 1.165) is 0 Å². The minimum absolute atomic E-state index is 0. The van der Waals surface area contributed by atoms with Gasteiger partial charge in [0.15, 0.2) is 0 Å². The summed E-state index contributed by atoms with van der Waals surface area (Å²) in [5.74, 6) is -0.214. The molecule has 0 saturated heterocycles. The number of benzene rings is 1. The molecule has 1 amide bonds. The molecule has 1 aromatic rings. The first kappa shape index (κ1) is 15.2. The van der Waals surface area contributed by atoms with Crippen molar-refractivity contribution < 1.29 is 13.2 Å². The molecule has 3 N–H and O–H groups in total. The van der Waals surface area contributed by atoms with Crippen LogP contribution >= 0.6 is 0 Å². The predicted octanol–water partition coefficient (Wildman–Crippen LogP) is -0.0884. The van der Waals surface area contributed by atoms with Crippen molar-refractivity contribution in [3.05, 3.63) is 24.3 Å². The number of primary sulfonamides is 1. The van der Waals surface area contributed by atoms with Crippen LogP contribution in [-0.4, -0.2) is 65.7 Å². The standard InChI is InChI=1S/C8H10N2O3S.K/c1-6(11)10-7-2-4-8(5-3-7)14(9,12)13;/h2-5H,1H3,(H,10,11)(H2,9,12,13);. The maximum atomic E-state index is 10.9. The van der Waals surface area contributed by atoms with Crippen LogP contribution < -0.4 is 10.5 Å². The van der Waals surface area contributed by atoms with Crippen molar-refractivity contribution >= 4 is 73.0 Å². The fourth-order valence-corrected chi connectivity index (χ4v) is 1.45. The Kier molecular flexibility index (Phi) is 6.19. The molecule has 0 heterocycles. The van der Waals surface area contributed by atoms with Crippen molar-refractivity contribution in [2.24, 2.45) is 5.14 Å². The van der Waals surface area contributed by atoms with E-state index in [-0.39, 0.29) is 62.2 Å². The molecule has 0 fully saturated rings. The molecule has 0 bridgehead atoms. The predicted molar refractivity (Wildman–Crippen MR) is 57.9 cm³/mol. The number of sulfonamides is 1. The van der Waals surface area contributed by atoms with Gasteiger partial charge in [0.05, 0.1) is 4.90 Å². The number of amides is 1. The summed E-state index contributed by atoms with van der Waals surface area (Å²) in [4.78, 5) is 10.7. The Labute approximate surface area is 131 Å². The zero-order valence-corrected chi connectivity index (χ0v) is 12.5. The van der Waals surface area contributed by atoms with Crippen LogP contribution in [0.4, 0.5) is 5.69 Å². The molecule has 77 valence electrons. The number of carbonyl (C=O) groups is 1. The third kappa shape index (κ3) is 5.21. The molecular formula is C8H10KN2O3S. The molecule has 15 heavy (non-hydrogen) atoms. The second-order valence-corrected chi connectivity index (χ2v) is 4.31.